The molecule has 8 heteroatoms. The zero-order chi connectivity index (χ0) is 23.7. The lowest BCUT2D eigenvalue weighted by molar-refractivity contribution is -0.160. The molecule has 5 atom stereocenters. The number of ether oxygens (including phenoxy) is 2. The molecule has 0 aromatic heterocycles. The van der Waals surface area contributed by atoms with E-state index < -0.39 is 40.6 Å². The Hall–Kier alpha value is -1.67. The van der Waals surface area contributed by atoms with Crippen molar-refractivity contribution in [2.24, 2.45) is 11.8 Å². The summed E-state index contributed by atoms with van der Waals surface area (Å²) in [4.78, 5) is 42.0. The average Bonchev–Trinajstić information content (AvgIpc) is 3.30. The second-order valence-corrected chi connectivity index (χ2v) is 10.5. The molecule has 8 nitrogen and oxygen atoms in total. The molecule has 2 N–H and O–H groups in total. The van der Waals surface area contributed by atoms with Gasteiger partial charge < -0.3 is 24.8 Å². The lowest BCUT2D eigenvalue weighted by Crippen LogP contribution is -2.58. The van der Waals surface area contributed by atoms with Gasteiger partial charge in [-0.25, -0.2) is 0 Å². The second-order valence-electron chi connectivity index (χ2n) is 10.5. The van der Waals surface area contributed by atoms with E-state index in [1.807, 2.05) is 27.7 Å². The van der Waals surface area contributed by atoms with E-state index in [9.17, 15) is 14.4 Å². The van der Waals surface area contributed by atoms with Crippen LogP contribution in [0.5, 0.6) is 0 Å². The summed E-state index contributed by atoms with van der Waals surface area (Å²) < 4.78 is 12.0. The van der Waals surface area contributed by atoms with Crippen LogP contribution in [-0.2, 0) is 23.9 Å². The fraction of sp³-hybridized carbons (Fsp3) is 0.875. The van der Waals surface area contributed by atoms with Crippen molar-refractivity contribution in [3.8, 4) is 0 Å². The van der Waals surface area contributed by atoms with Gasteiger partial charge in [0.05, 0.1) is 18.1 Å². The average molecular weight is 453 g/mol. The number of unbranched alkanes of at least 4 members (excludes halogenated alkanes) is 3. The van der Waals surface area contributed by atoms with Crippen molar-refractivity contribution in [2.45, 2.75) is 102 Å². The minimum absolute atomic E-state index is 0.151. The Bertz CT molecular complexity index is 734. The van der Waals surface area contributed by atoms with Crippen LogP contribution in [-0.4, -0.2) is 70.3 Å². The van der Waals surface area contributed by atoms with Gasteiger partial charge in [-0.3, -0.25) is 14.4 Å². The number of rotatable bonds is 10. The lowest BCUT2D eigenvalue weighted by Gasteiger charge is -2.35. The summed E-state index contributed by atoms with van der Waals surface area (Å²) in [6, 6.07) is -0.759. The maximum Gasteiger partial charge on any atom is 0.312 e. The molecule has 3 aliphatic heterocycles. The molecule has 3 heterocycles. The van der Waals surface area contributed by atoms with E-state index in [0.29, 0.717) is 25.8 Å². The molecule has 0 aromatic carbocycles. The number of carbonyl (C=O) groups is 3. The molecule has 3 fully saturated rings. The van der Waals surface area contributed by atoms with Crippen molar-refractivity contribution >= 4 is 17.8 Å². The molecule has 32 heavy (non-hydrogen) atoms. The van der Waals surface area contributed by atoms with Crippen molar-refractivity contribution < 1.29 is 29.0 Å². The number of hydrogen-bond donors (Lipinski definition) is 2. The number of aliphatic hydroxyl groups excluding tert-OH is 1. The Morgan fingerprint density at radius 2 is 1.88 bits per heavy atom. The number of amides is 2. The van der Waals surface area contributed by atoms with Crippen LogP contribution in [0.3, 0.4) is 0 Å². The van der Waals surface area contributed by atoms with Gasteiger partial charge in [-0.1, -0.05) is 19.8 Å². The fourth-order valence-corrected chi connectivity index (χ4v) is 6.04. The zero-order valence-electron chi connectivity index (χ0n) is 20.2. The molecule has 3 aliphatic rings. The summed E-state index contributed by atoms with van der Waals surface area (Å²) in [5, 5.41) is 12.1. The third kappa shape index (κ3) is 4.16. The van der Waals surface area contributed by atoms with Crippen LogP contribution in [0.15, 0.2) is 0 Å². The number of aliphatic hydroxyl groups is 1. The Balaban J connectivity index is 1.95. The van der Waals surface area contributed by atoms with Crippen molar-refractivity contribution in [2.75, 3.05) is 19.8 Å². The molecule has 182 valence electrons. The Morgan fingerprint density at radius 3 is 2.47 bits per heavy atom. The highest BCUT2D eigenvalue weighted by atomic mass is 16.6. The third-order valence-corrected chi connectivity index (χ3v) is 7.28. The monoisotopic (exact) mass is 452 g/mol. The van der Waals surface area contributed by atoms with E-state index in [1.165, 1.54) is 0 Å². The van der Waals surface area contributed by atoms with E-state index in [1.54, 1.807) is 11.8 Å². The normalized spacial score (nSPS) is 33.5. The van der Waals surface area contributed by atoms with Crippen LogP contribution in [0.2, 0.25) is 0 Å². The number of carbonyl (C=O) groups excluding carboxylic acids is 3. The fourth-order valence-electron chi connectivity index (χ4n) is 6.04. The standard InChI is InChI=1S/C24H40N2O6/c1-6-23-12-13-24(32-23)16(17(23)21(30)31-7-2)20(29)26(14-10-8-9-11-15-27)18(24)19(28)25-22(3,4)5/h16-18,27H,6-15H2,1-5H3,(H,25,28)/t16-,17-,18?,23+,24?/m0/s1. The van der Waals surface area contributed by atoms with E-state index >= 15 is 0 Å². The van der Waals surface area contributed by atoms with Gasteiger partial charge in [-0.2, -0.15) is 0 Å². The van der Waals surface area contributed by atoms with Crippen LogP contribution in [0.25, 0.3) is 0 Å². The van der Waals surface area contributed by atoms with Gasteiger partial charge in [0.25, 0.3) is 0 Å². The van der Waals surface area contributed by atoms with Crippen molar-refractivity contribution in [1.82, 2.24) is 10.2 Å². The highest BCUT2D eigenvalue weighted by molar-refractivity contribution is 5.98. The minimum Gasteiger partial charge on any atom is -0.466 e. The van der Waals surface area contributed by atoms with Crippen LogP contribution in [0.4, 0.5) is 0 Å². The molecule has 0 aliphatic carbocycles. The lowest BCUT2D eigenvalue weighted by atomic mass is 9.65. The van der Waals surface area contributed by atoms with Gasteiger partial charge >= 0.3 is 5.97 Å². The number of esters is 1. The third-order valence-electron chi connectivity index (χ3n) is 7.28. The van der Waals surface area contributed by atoms with Gasteiger partial charge in [-0.05, 0) is 59.8 Å². The quantitative estimate of drug-likeness (QED) is 0.389. The van der Waals surface area contributed by atoms with E-state index in [2.05, 4.69) is 5.32 Å². The molecule has 0 radical (unpaired) electrons. The SMILES string of the molecule is CCOC(=O)[C@@H]1[C@H]2C(=O)N(CCCCCCO)C(C(=O)NC(C)(C)C)C23CC[C@@]1(CC)O3. The molecule has 0 aromatic rings. The van der Waals surface area contributed by atoms with Crippen LogP contribution in [0.1, 0.15) is 79.6 Å². The number of nitrogens with one attached hydrogen (secondary N) is 1. The molecule has 0 saturated carbocycles. The van der Waals surface area contributed by atoms with E-state index in [0.717, 1.165) is 25.7 Å². The van der Waals surface area contributed by atoms with Crippen LogP contribution >= 0.6 is 0 Å². The second kappa shape index (κ2) is 9.29. The molecule has 3 rings (SSSR count). The minimum atomic E-state index is -0.995. The van der Waals surface area contributed by atoms with E-state index in [-0.39, 0.29) is 25.0 Å². The maximum atomic E-state index is 13.8. The van der Waals surface area contributed by atoms with Gasteiger partial charge in [0.1, 0.15) is 17.6 Å². The summed E-state index contributed by atoms with van der Waals surface area (Å²) in [7, 11) is 0. The molecule has 2 unspecified atom stereocenters. The van der Waals surface area contributed by atoms with Gasteiger partial charge in [0.2, 0.25) is 11.8 Å². The number of nitrogens with zero attached hydrogens (tertiary/aromatic N) is 1. The summed E-state index contributed by atoms with van der Waals surface area (Å²) in [5.74, 6) is -2.16. The smallest absolute Gasteiger partial charge is 0.312 e. The molecule has 2 amide bonds. The summed E-state index contributed by atoms with van der Waals surface area (Å²) >= 11 is 0. The molecular weight excluding hydrogens is 412 g/mol. The molecular formula is C24H40N2O6. The molecule has 3 saturated heterocycles. The first-order valence-electron chi connectivity index (χ1n) is 12.2. The Labute approximate surface area is 191 Å². The van der Waals surface area contributed by atoms with E-state index in [4.69, 9.17) is 14.6 Å². The first-order chi connectivity index (χ1) is 15.1. The number of hydrogen-bond acceptors (Lipinski definition) is 6. The van der Waals surface area contributed by atoms with Crippen molar-refractivity contribution in [3.63, 3.8) is 0 Å². The van der Waals surface area contributed by atoms with Gasteiger partial charge in [-0.15, -0.1) is 0 Å². The van der Waals surface area contributed by atoms with Gasteiger partial charge in [0.15, 0.2) is 0 Å². The summed E-state index contributed by atoms with van der Waals surface area (Å²) in [6.45, 7) is 10.3. The maximum absolute atomic E-state index is 13.8. The Kier molecular flexibility index (Phi) is 7.25. The first-order valence-corrected chi connectivity index (χ1v) is 12.2. The first kappa shape index (κ1) is 25.0. The topological polar surface area (TPSA) is 105 Å². The van der Waals surface area contributed by atoms with Crippen molar-refractivity contribution in [3.05, 3.63) is 0 Å². The highest BCUT2D eigenvalue weighted by Crippen LogP contribution is 2.64. The molecule has 2 bridgehead atoms. The molecule has 1 spiro atoms. The van der Waals surface area contributed by atoms with Crippen LogP contribution in [0, 0.1) is 11.8 Å². The van der Waals surface area contributed by atoms with Crippen LogP contribution < -0.4 is 5.32 Å². The summed E-state index contributed by atoms with van der Waals surface area (Å²) in [5.41, 5.74) is -2.20. The largest absolute Gasteiger partial charge is 0.466 e. The summed E-state index contributed by atoms with van der Waals surface area (Å²) in [6.07, 6.45) is 5.00. The predicted octanol–water partition coefficient (Wildman–Crippen LogP) is 2.17. The number of likely N-dealkylation sites (tertiary alicyclic amines) is 1. The predicted molar refractivity (Wildman–Crippen MR) is 119 cm³/mol. The number of fused-ring (bicyclic) bond motifs is 1. The highest BCUT2D eigenvalue weighted by Gasteiger charge is 2.79. The van der Waals surface area contributed by atoms with Gasteiger partial charge in [0, 0.05) is 18.7 Å². The Morgan fingerprint density at radius 1 is 1.19 bits per heavy atom. The van der Waals surface area contributed by atoms with Crippen molar-refractivity contribution in [1.29, 1.82) is 0 Å². The zero-order valence-corrected chi connectivity index (χ0v) is 20.2.